The maximum absolute atomic E-state index is 4.82. The third-order valence-electron chi connectivity index (χ3n) is 0.994. The van der Waals surface area contributed by atoms with Gasteiger partial charge in [0.05, 0.1) is 5.69 Å². The van der Waals surface area contributed by atoms with Crippen LogP contribution in [0.4, 0.5) is 5.69 Å². The molecule has 1 aromatic carbocycles. The van der Waals surface area contributed by atoms with Crippen LogP contribution < -0.4 is 5.48 Å². The molecule has 1 rings (SSSR count). The van der Waals surface area contributed by atoms with Gasteiger partial charge in [0.15, 0.2) is 0 Å². The number of benzene rings is 1. The molecular weight excluding hydrogens is 129 g/mol. The molecule has 0 aromatic heterocycles. The van der Waals surface area contributed by atoms with E-state index in [-0.39, 0.29) is 0 Å². The van der Waals surface area contributed by atoms with Crippen molar-refractivity contribution >= 4 is 22.3 Å². The fraction of sp³-hybridized carbons (Fsp3) is 0. The van der Waals surface area contributed by atoms with E-state index in [0.717, 1.165) is 5.69 Å². The van der Waals surface area contributed by atoms with Crippen LogP contribution in [0.3, 0.4) is 0 Å². The Labute approximate surface area is 62.5 Å². The second-order valence-corrected chi connectivity index (χ2v) is 2.08. The maximum Gasteiger partial charge on any atom is 0.452 e. The minimum absolute atomic E-state index is 0.713. The van der Waals surface area contributed by atoms with Crippen molar-refractivity contribution in [3.8, 4) is 0 Å². The van der Waals surface area contributed by atoms with E-state index in [0.29, 0.717) is 16.6 Å². The van der Waals surface area contributed by atoms with Crippen LogP contribution in [0.25, 0.3) is 0 Å². The standard InChI is InChI=1S/C6H6NO.Al.2H/c8-7-6-4-2-1-3-5-6;;;/h1-5,7H;;;/q-1;+1;;. The van der Waals surface area contributed by atoms with Gasteiger partial charge < -0.3 is 3.89 Å². The molecule has 1 aromatic rings. The average molecular weight is 137 g/mol. The Hall–Kier alpha value is -0.488. The lowest BCUT2D eigenvalue weighted by atomic mass is 10.3. The highest BCUT2D eigenvalue weighted by Crippen LogP contribution is 2.02. The van der Waals surface area contributed by atoms with Gasteiger partial charge in [-0.1, -0.05) is 18.2 Å². The molecule has 9 heavy (non-hydrogen) atoms. The number of hydrogen-bond acceptors (Lipinski definition) is 2. The Balaban J connectivity index is 2.61. The molecule has 0 spiro atoms. The smallest absolute Gasteiger partial charge is 0.416 e. The Kier molecular flexibility index (Phi) is 2.59. The molecule has 0 saturated heterocycles. The van der Waals surface area contributed by atoms with Crippen LogP contribution in [0.2, 0.25) is 0 Å². The zero-order valence-corrected chi connectivity index (χ0v) is 7.29. The van der Waals surface area contributed by atoms with Crippen LogP contribution in [0.15, 0.2) is 30.3 Å². The lowest BCUT2D eigenvalue weighted by molar-refractivity contribution is 0.448. The van der Waals surface area contributed by atoms with Gasteiger partial charge in [-0.15, -0.1) is 0 Å². The van der Waals surface area contributed by atoms with Crippen LogP contribution >= 0.6 is 0 Å². The SMILES string of the molecule is [AlH2][O]Nc1ccccc1. The van der Waals surface area contributed by atoms with Gasteiger partial charge in [0.2, 0.25) is 0 Å². The van der Waals surface area contributed by atoms with Crippen molar-refractivity contribution in [3.63, 3.8) is 0 Å². The van der Waals surface area contributed by atoms with E-state index in [1.54, 1.807) is 0 Å². The molecule has 3 heteroatoms. The minimum atomic E-state index is 0.713. The third-order valence-corrected chi connectivity index (χ3v) is 1.20. The maximum atomic E-state index is 4.82. The van der Waals surface area contributed by atoms with Gasteiger partial charge in [0.1, 0.15) is 0 Å². The van der Waals surface area contributed by atoms with Gasteiger partial charge in [0, 0.05) is 0 Å². The van der Waals surface area contributed by atoms with E-state index in [2.05, 4.69) is 5.48 Å². The molecule has 1 N–H and O–H groups in total. The van der Waals surface area contributed by atoms with Crippen LogP contribution in [0.5, 0.6) is 0 Å². The van der Waals surface area contributed by atoms with Crippen molar-refractivity contribution < 1.29 is 3.89 Å². The van der Waals surface area contributed by atoms with Crippen molar-refractivity contribution in [1.82, 2.24) is 0 Å². The number of anilines is 1. The molecule has 0 bridgehead atoms. The summed E-state index contributed by atoms with van der Waals surface area (Å²) < 4.78 is 4.82. The fourth-order valence-corrected chi connectivity index (χ4v) is 0.860. The summed E-state index contributed by atoms with van der Waals surface area (Å²) in [6, 6.07) is 9.81. The summed E-state index contributed by atoms with van der Waals surface area (Å²) in [4.78, 5) is 0. The first kappa shape index (κ1) is 6.63. The number of nitrogens with one attached hydrogen (secondary N) is 1. The highest BCUT2D eigenvalue weighted by Gasteiger charge is 1.81. The van der Waals surface area contributed by atoms with Gasteiger partial charge in [-0.05, 0) is 12.1 Å². The van der Waals surface area contributed by atoms with E-state index in [4.69, 9.17) is 3.89 Å². The monoisotopic (exact) mass is 137 g/mol. The van der Waals surface area contributed by atoms with Crippen molar-refractivity contribution in [3.05, 3.63) is 30.3 Å². The van der Waals surface area contributed by atoms with Crippen molar-refractivity contribution in [2.24, 2.45) is 0 Å². The van der Waals surface area contributed by atoms with E-state index in [9.17, 15) is 0 Å². The summed E-state index contributed by atoms with van der Waals surface area (Å²) in [6.07, 6.45) is 0. The number of para-hydroxylation sites is 1. The third kappa shape index (κ3) is 2.07. The van der Waals surface area contributed by atoms with Gasteiger partial charge in [0.25, 0.3) is 0 Å². The van der Waals surface area contributed by atoms with Crippen molar-refractivity contribution in [1.29, 1.82) is 0 Å². The first-order valence-corrected chi connectivity index (χ1v) is 3.59. The zero-order chi connectivity index (χ0) is 6.53. The molecule has 0 amide bonds. The molecule has 0 aliphatic rings. The van der Waals surface area contributed by atoms with Crippen LogP contribution in [-0.4, -0.2) is 16.6 Å². The number of hydrogen-bond donors (Lipinski definition) is 1. The first-order valence-electron chi connectivity index (χ1n) is 2.77. The molecule has 0 unspecified atom stereocenters. The fourth-order valence-electron chi connectivity index (χ4n) is 0.624. The molecule has 0 heterocycles. The summed E-state index contributed by atoms with van der Waals surface area (Å²) >= 11 is 0.713. The van der Waals surface area contributed by atoms with Gasteiger partial charge in [-0.25, -0.2) is 0 Å². The number of rotatable bonds is 2. The van der Waals surface area contributed by atoms with E-state index >= 15 is 0 Å². The highest BCUT2D eigenvalue weighted by atomic mass is 27.1. The largest absolute Gasteiger partial charge is 0.452 e. The normalized spacial score (nSPS) is 8.89. The van der Waals surface area contributed by atoms with Gasteiger partial charge in [-0.2, -0.15) is 0 Å². The lowest BCUT2D eigenvalue weighted by Gasteiger charge is -2.01. The van der Waals surface area contributed by atoms with Crippen LogP contribution in [0.1, 0.15) is 0 Å². The topological polar surface area (TPSA) is 21.3 Å². The molecule has 0 aliphatic carbocycles. The second kappa shape index (κ2) is 3.52. The first-order chi connectivity index (χ1) is 4.43. The summed E-state index contributed by atoms with van der Waals surface area (Å²) in [5.74, 6) is 0. The molecular formula is C6H8AlNO. The van der Waals surface area contributed by atoms with Gasteiger partial charge in [-0.3, -0.25) is 5.48 Å². The van der Waals surface area contributed by atoms with Crippen molar-refractivity contribution in [2.45, 2.75) is 0 Å². The second-order valence-electron chi connectivity index (χ2n) is 1.67. The summed E-state index contributed by atoms with van der Waals surface area (Å²) in [5.41, 5.74) is 3.78. The van der Waals surface area contributed by atoms with E-state index in [1.165, 1.54) is 0 Å². The Morgan fingerprint density at radius 1 is 1.22 bits per heavy atom. The Morgan fingerprint density at radius 2 is 1.89 bits per heavy atom. The summed E-state index contributed by atoms with van der Waals surface area (Å²) in [5, 5.41) is 0. The molecule has 0 atom stereocenters. The molecule has 0 fully saturated rings. The average Bonchev–Trinajstić information content (AvgIpc) is 1.91. The molecule has 0 saturated carbocycles. The quantitative estimate of drug-likeness (QED) is 0.475. The predicted molar refractivity (Wildman–Crippen MR) is 39.7 cm³/mol. The Bertz CT molecular complexity index is 166. The molecule has 0 aliphatic heterocycles. The molecule has 46 valence electrons. The lowest BCUT2D eigenvalue weighted by Crippen LogP contribution is -1.95. The van der Waals surface area contributed by atoms with E-state index < -0.39 is 0 Å². The Morgan fingerprint density at radius 3 is 2.44 bits per heavy atom. The molecule has 0 radical (unpaired) electrons. The highest BCUT2D eigenvalue weighted by molar-refractivity contribution is 5.98. The van der Waals surface area contributed by atoms with Gasteiger partial charge >= 0.3 is 16.6 Å². The van der Waals surface area contributed by atoms with Crippen molar-refractivity contribution in [2.75, 3.05) is 5.48 Å². The minimum Gasteiger partial charge on any atom is -0.416 e. The van der Waals surface area contributed by atoms with E-state index in [1.807, 2.05) is 30.3 Å². The zero-order valence-electron chi connectivity index (χ0n) is 5.29. The van der Waals surface area contributed by atoms with Crippen LogP contribution in [-0.2, 0) is 3.89 Å². The molecule has 2 nitrogen and oxygen atoms in total. The summed E-state index contributed by atoms with van der Waals surface area (Å²) in [6.45, 7) is 0. The summed E-state index contributed by atoms with van der Waals surface area (Å²) in [7, 11) is 0. The predicted octanol–water partition coefficient (Wildman–Crippen LogP) is 0.578. The van der Waals surface area contributed by atoms with Crippen LogP contribution in [0, 0.1) is 0 Å².